The molecule has 0 N–H and O–H groups in total. The quantitative estimate of drug-likeness (QED) is 0.694. The van der Waals surface area contributed by atoms with Crippen molar-refractivity contribution in [1.29, 1.82) is 0 Å². The van der Waals surface area contributed by atoms with E-state index in [2.05, 4.69) is 21.0 Å². The van der Waals surface area contributed by atoms with Gasteiger partial charge in [0.05, 0.1) is 35.1 Å². The van der Waals surface area contributed by atoms with Crippen LogP contribution in [0.5, 0.6) is 0 Å². The Morgan fingerprint density at radius 1 is 1.15 bits per heavy atom. The Bertz CT molecular complexity index is 902. The predicted molar refractivity (Wildman–Crippen MR) is 97.8 cm³/mol. The summed E-state index contributed by atoms with van der Waals surface area (Å²) in [6, 6.07) is 7.52. The summed E-state index contributed by atoms with van der Waals surface area (Å²) in [7, 11) is 0. The molecule has 0 saturated carbocycles. The van der Waals surface area contributed by atoms with Gasteiger partial charge in [-0.1, -0.05) is 29.8 Å². The molecule has 1 aromatic carbocycles. The molecule has 3 saturated heterocycles. The van der Waals surface area contributed by atoms with E-state index in [1.54, 1.807) is 10.9 Å². The summed E-state index contributed by atoms with van der Waals surface area (Å²) in [6.45, 7) is 0.454. The van der Waals surface area contributed by atoms with Gasteiger partial charge in [0.2, 0.25) is 11.8 Å². The molecule has 4 atom stereocenters. The van der Waals surface area contributed by atoms with Gasteiger partial charge in [-0.05, 0) is 40.4 Å². The third-order valence-corrected chi connectivity index (χ3v) is 6.41. The Morgan fingerprint density at radius 3 is 2.46 bits per heavy atom. The molecule has 3 aliphatic rings. The van der Waals surface area contributed by atoms with Crippen LogP contribution in [0.1, 0.15) is 18.4 Å². The van der Waals surface area contributed by atoms with Crippen LogP contribution in [0.25, 0.3) is 0 Å². The number of nitrogens with zero attached hydrogens (tertiary/aromatic N) is 3. The summed E-state index contributed by atoms with van der Waals surface area (Å²) in [5.41, 5.74) is 0.915. The molecule has 0 aliphatic carbocycles. The van der Waals surface area contributed by atoms with Gasteiger partial charge in [0, 0.05) is 11.2 Å². The van der Waals surface area contributed by atoms with E-state index in [4.69, 9.17) is 16.3 Å². The van der Waals surface area contributed by atoms with E-state index in [9.17, 15) is 9.59 Å². The molecule has 0 radical (unpaired) electrons. The summed E-state index contributed by atoms with van der Waals surface area (Å²) in [5, 5.41) is 5.13. The first kappa shape index (κ1) is 16.5. The molecule has 8 heteroatoms. The Balaban J connectivity index is 1.46. The van der Waals surface area contributed by atoms with Crippen molar-refractivity contribution < 1.29 is 14.3 Å². The standard InChI is InChI=1S/C18H15BrClN3O3/c19-10-8-22(7-9-3-1-2-4-11(9)20)21-16(10)23-17(24)14-12-5-6-13(26-12)15(14)18(23)25/h1-4,8,12-15H,5-7H2/t12-,13-,14-,15-/m0/s1. The second kappa shape index (κ2) is 5.90. The van der Waals surface area contributed by atoms with E-state index < -0.39 is 0 Å². The fraction of sp³-hybridized carbons (Fsp3) is 0.389. The molecule has 26 heavy (non-hydrogen) atoms. The maximum atomic E-state index is 12.9. The van der Waals surface area contributed by atoms with Crippen molar-refractivity contribution in [3.05, 3.63) is 45.5 Å². The summed E-state index contributed by atoms with van der Waals surface area (Å²) < 4.78 is 8.06. The topological polar surface area (TPSA) is 64.4 Å². The number of benzene rings is 1. The molecule has 2 aromatic rings. The highest BCUT2D eigenvalue weighted by molar-refractivity contribution is 9.10. The molecule has 2 amide bonds. The van der Waals surface area contributed by atoms with Gasteiger partial charge in [-0.2, -0.15) is 5.10 Å². The van der Waals surface area contributed by atoms with Crippen molar-refractivity contribution in [3.8, 4) is 0 Å². The molecular formula is C18H15BrClN3O3. The Kier molecular flexibility index (Phi) is 3.74. The van der Waals surface area contributed by atoms with Crippen LogP contribution in [-0.4, -0.2) is 33.8 Å². The first-order valence-electron chi connectivity index (χ1n) is 8.54. The van der Waals surface area contributed by atoms with Crippen LogP contribution in [0.15, 0.2) is 34.9 Å². The summed E-state index contributed by atoms with van der Waals surface area (Å²) in [4.78, 5) is 27.0. The lowest BCUT2D eigenvalue weighted by atomic mass is 9.81. The number of anilines is 1. The van der Waals surface area contributed by atoms with Crippen LogP contribution in [0, 0.1) is 11.8 Å². The molecule has 1 aromatic heterocycles. The van der Waals surface area contributed by atoms with Crippen molar-refractivity contribution in [1.82, 2.24) is 9.78 Å². The van der Waals surface area contributed by atoms with Crippen molar-refractivity contribution in [2.24, 2.45) is 11.8 Å². The third-order valence-electron chi connectivity index (χ3n) is 5.49. The van der Waals surface area contributed by atoms with Crippen molar-refractivity contribution in [2.75, 3.05) is 4.90 Å². The molecule has 0 spiro atoms. The molecule has 134 valence electrons. The second-order valence-corrected chi connectivity index (χ2v) is 8.20. The third kappa shape index (κ3) is 2.30. The van der Waals surface area contributed by atoms with E-state index in [0.717, 1.165) is 18.4 Å². The highest BCUT2D eigenvalue weighted by Gasteiger charge is 2.63. The minimum absolute atomic E-state index is 0.129. The fourth-order valence-corrected chi connectivity index (χ4v) is 5.03. The summed E-state index contributed by atoms with van der Waals surface area (Å²) in [5.74, 6) is -0.767. The number of imide groups is 1. The number of ether oxygens (including phenoxy) is 1. The lowest BCUT2D eigenvalue weighted by Crippen LogP contribution is -2.34. The number of hydrogen-bond acceptors (Lipinski definition) is 4. The Labute approximate surface area is 163 Å². The molecule has 3 aliphatic heterocycles. The molecule has 4 heterocycles. The lowest BCUT2D eigenvalue weighted by molar-refractivity contribution is -0.124. The van der Waals surface area contributed by atoms with Crippen molar-refractivity contribution in [2.45, 2.75) is 31.6 Å². The van der Waals surface area contributed by atoms with Gasteiger partial charge in [0.15, 0.2) is 5.82 Å². The smallest absolute Gasteiger partial charge is 0.241 e. The fourth-order valence-electron chi connectivity index (χ4n) is 4.34. The van der Waals surface area contributed by atoms with Crippen LogP contribution >= 0.6 is 27.5 Å². The second-order valence-electron chi connectivity index (χ2n) is 6.94. The number of aromatic nitrogens is 2. The Hall–Kier alpha value is -1.70. The summed E-state index contributed by atoms with van der Waals surface area (Å²) >= 11 is 9.66. The van der Waals surface area contributed by atoms with E-state index in [1.165, 1.54) is 4.90 Å². The van der Waals surface area contributed by atoms with Crippen LogP contribution < -0.4 is 4.90 Å². The van der Waals surface area contributed by atoms with E-state index in [0.29, 0.717) is 21.9 Å². The zero-order valence-electron chi connectivity index (χ0n) is 13.6. The lowest BCUT2D eigenvalue weighted by Gasteiger charge is -2.15. The minimum atomic E-state index is -0.359. The SMILES string of the molecule is O=C1[C@@H]2[C@@H](C(=O)N1c1nn(Cc3ccccc3Cl)cc1Br)[C@@H]1CC[C@@H]2O1. The maximum absolute atomic E-state index is 12.9. The number of hydrogen-bond donors (Lipinski definition) is 0. The Morgan fingerprint density at radius 2 is 1.81 bits per heavy atom. The van der Waals surface area contributed by atoms with E-state index >= 15 is 0 Å². The number of carbonyl (C=O) groups is 2. The highest BCUT2D eigenvalue weighted by atomic mass is 79.9. The van der Waals surface area contributed by atoms with Gasteiger partial charge in [-0.15, -0.1) is 0 Å². The molecule has 3 fully saturated rings. The highest BCUT2D eigenvalue weighted by Crippen LogP contribution is 2.49. The van der Waals surface area contributed by atoms with E-state index in [-0.39, 0.29) is 35.9 Å². The normalized spacial score (nSPS) is 29.7. The van der Waals surface area contributed by atoms with Gasteiger partial charge in [-0.3, -0.25) is 14.3 Å². The number of halogens is 2. The van der Waals surface area contributed by atoms with Crippen LogP contribution in [-0.2, 0) is 20.9 Å². The summed E-state index contributed by atoms with van der Waals surface area (Å²) in [6.07, 6.45) is 3.20. The van der Waals surface area contributed by atoms with Crippen LogP contribution in [0.3, 0.4) is 0 Å². The molecule has 2 bridgehead atoms. The molecule has 6 nitrogen and oxygen atoms in total. The average Bonchev–Trinajstić information content (AvgIpc) is 3.35. The van der Waals surface area contributed by atoms with E-state index in [1.807, 2.05) is 24.3 Å². The number of rotatable bonds is 3. The van der Waals surface area contributed by atoms with Crippen molar-refractivity contribution >= 4 is 45.2 Å². The molecule has 0 unspecified atom stereocenters. The predicted octanol–water partition coefficient (Wildman–Crippen LogP) is 3.01. The molecular weight excluding hydrogens is 422 g/mol. The maximum Gasteiger partial charge on any atom is 0.241 e. The first-order valence-corrected chi connectivity index (χ1v) is 9.71. The monoisotopic (exact) mass is 435 g/mol. The van der Waals surface area contributed by atoms with Crippen molar-refractivity contribution in [3.63, 3.8) is 0 Å². The zero-order valence-corrected chi connectivity index (χ0v) is 16.0. The van der Waals surface area contributed by atoms with Gasteiger partial charge in [0.1, 0.15) is 0 Å². The average molecular weight is 437 g/mol. The van der Waals surface area contributed by atoms with Crippen LogP contribution in [0.2, 0.25) is 5.02 Å². The zero-order chi connectivity index (χ0) is 18.0. The van der Waals surface area contributed by atoms with Gasteiger partial charge >= 0.3 is 0 Å². The van der Waals surface area contributed by atoms with Gasteiger partial charge in [-0.25, -0.2) is 4.90 Å². The largest absolute Gasteiger partial charge is 0.373 e. The number of carbonyl (C=O) groups excluding carboxylic acids is 2. The molecule has 5 rings (SSSR count). The number of fused-ring (bicyclic) bond motifs is 5. The van der Waals surface area contributed by atoms with Gasteiger partial charge < -0.3 is 4.74 Å². The van der Waals surface area contributed by atoms with Gasteiger partial charge in [0.25, 0.3) is 0 Å². The first-order chi connectivity index (χ1) is 12.5. The number of amides is 2. The minimum Gasteiger partial charge on any atom is -0.373 e. The van der Waals surface area contributed by atoms with Crippen LogP contribution in [0.4, 0.5) is 5.82 Å².